The summed E-state index contributed by atoms with van der Waals surface area (Å²) in [5.74, 6) is 2.02. The van der Waals surface area contributed by atoms with Gasteiger partial charge in [0.05, 0.1) is 0 Å². The first-order chi connectivity index (χ1) is 6.25. The van der Waals surface area contributed by atoms with Crippen molar-refractivity contribution >= 4 is 0 Å². The molecule has 1 heteroatoms. The molecule has 0 heterocycles. The largest absolute Gasteiger partial charge is 0.303 e. The van der Waals surface area contributed by atoms with E-state index in [2.05, 4.69) is 18.9 Å². The standard InChI is InChI=1S/C12H23N/c1-10-7-12(8-10)13(2)9-11-5-3-4-6-11/h10-12H,3-9H2,1-2H3. The number of nitrogens with zero attached hydrogens (tertiary/aromatic N) is 1. The Labute approximate surface area is 82.5 Å². The highest BCUT2D eigenvalue weighted by Gasteiger charge is 2.30. The third kappa shape index (κ3) is 2.25. The van der Waals surface area contributed by atoms with Gasteiger partial charge in [-0.1, -0.05) is 19.8 Å². The molecule has 0 aromatic carbocycles. The van der Waals surface area contributed by atoms with Crippen LogP contribution in [0.2, 0.25) is 0 Å². The molecule has 0 bridgehead atoms. The fourth-order valence-electron chi connectivity index (χ4n) is 2.97. The number of hydrogen-bond donors (Lipinski definition) is 0. The van der Waals surface area contributed by atoms with Gasteiger partial charge < -0.3 is 4.90 Å². The van der Waals surface area contributed by atoms with Crippen molar-refractivity contribution in [1.82, 2.24) is 4.90 Å². The van der Waals surface area contributed by atoms with Crippen LogP contribution in [0.4, 0.5) is 0 Å². The molecule has 0 radical (unpaired) electrons. The monoisotopic (exact) mass is 181 g/mol. The second kappa shape index (κ2) is 4.00. The van der Waals surface area contributed by atoms with E-state index in [4.69, 9.17) is 0 Å². The molecular formula is C12H23N. The van der Waals surface area contributed by atoms with Gasteiger partial charge in [-0.15, -0.1) is 0 Å². The second-order valence-corrected chi connectivity index (χ2v) is 5.32. The van der Waals surface area contributed by atoms with Crippen molar-refractivity contribution in [2.75, 3.05) is 13.6 Å². The quantitative estimate of drug-likeness (QED) is 0.647. The molecule has 2 aliphatic carbocycles. The van der Waals surface area contributed by atoms with Gasteiger partial charge >= 0.3 is 0 Å². The summed E-state index contributed by atoms with van der Waals surface area (Å²) >= 11 is 0. The van der Waals surface area contributed by atoms with Crippen LogP contribution in [0.1, 0.15) is 45.4 Å². The number of rotatable bonds is 3. The van der Waals surface area contributed by atoms with Crippen molar-refractivity contribution in [1.29, 1.82) is 0 Å². The van der Waals surface area contributed by atoms with Gasteiger partial charge in [-0.25, -0.2) is 0 Å². The number of hydrogen-bond acceptors (Lipinski definition) is 1. The summed E-state index contributed by atoms with van der Waals surface area (Å²) in [5, 5.41) is 0. The molecule has 0 atom stereocenters. The third-order valence-electron chi connectivity index (χ3n) is 3.99. The van der Waals surface area contributed by atoms with Crippen molar-refractivity contribution in [2.45, 2.75) is 51.5 Å². The van der Waals surface area contributed by atoms with Gasteiger partial charge in [0.1, 0.15) is 0 Å². The van der Waals surface area contributed by atoms with Gasteiger partial charge in [-0.2, -0.15) is 0 Å². The predicted octanol–water partition coefficient (Wildman–Crippen LogP) is 2.91. The lowest BCUT2D eigenvalue weighted by Gasteiger charge is -2.40. The molecule has 0 aromatic rings. The highest BCUT2D eigenvalue weighted by atomic mass is 15.1. The Kier molecular flexibility index (Phi) is 2.92. The lowest BCUT2D eigenvalue weighted by Crippen LogP contribution is -2.43. The maximum absolute atomic E-state index is 2.62. The minimum Gasteiger partial charge on any atom is -0.303 e. The molecule has 0 N–H and O–H groups in total. The van der Waals surface area contributed by atoms with E-state index >= 15 is 0 Å². The van der Waals surface area contributed by atoms with Crippen molar-refractivity contribution in [3.63, 3.8) is 0 Å². The summed E-state index contributed by atoms with van der Waals surface area (Å²) in [6.45, 7) is 3.75. The molecule has 0 unspecified atom stereocenters. The van der Waals surface area contributed by atoms with E-state index in [9.17, 15) is 0 Å². The fraction of sp³-hybridized carbons (Fsp3) is 1.00. The smallest absolute Gasteiger partial charge is 0.00974 e. The highest BCUT2D eigenvalue weighted by molar-refractivity contribution is 4.84. The van der Waals surface area contributed by atoms with Crippen LogP contribution in [-0.2, 0) is 0 Å². The lowest BCUT2D eigenvalue weighted by atomic mass is 9.81. The zero-order valence-corrected chi connectivity index (χ0v) is 9.13. The summed E-state index contributed by atoms with van der Waals surface area (Å²) in [5.41, 5.74) is 0. The average Bonchev–Trinajstić information content (AvgIpc) is 2.51. The molecule has 2 fully saturated rings. The zero-order chi connectivity index (χ0) is 9.26. The summed E-state index contributed by atoms with van der Waals surface area (Å²) in [7, 11) is 2.33. The van der Waals surface area contributed by atoms with E-state index in [1.54, 1.807) is 0 Å². The lowest BCUT2D eigenvalue weighted by molar-refractivity contribution is 0.0964. The Hall–Kier alpha value is -0.0400. The summed E-state index contributed by atoms with van der Waals surface area (Å²) in [4.78, 5) is 2.62. The topological polar surface area (TPSA) is 3.24 Å². The Bertz CT molecular complexity index is 155. The Morgan fingerprint density at radius 3 is 2.31 bits per heavy atom. The van der Waals surface area contributed by atoms with Crippen LogP contribution in [0.3, 0.4) is 0 Å². The molecule has 0 amide bonds. The third-order valence-corrected chi connectivity index (χ3v) is 3.99. The van der Waals surface area contributed by atoms with Gasteiger partial charge in [0.15, 0.2) is 0 Å². The van der Waals surface area contributed by atoms with Gasteiger partial charge in [-0.3, -0.25) is 0 Å². The molecule has 13 heavy (non-hydrogen) atoms. The fourth-order valence-corrected chi connectivity index (χ4v) is 2.97. The Morgan fingerprint density at radius 1 is 1.15 bits per heavy atom. The van der Waals surface area contributed by atoms with Crippen LogP contribution in [0.25, 0.3) is 0 Å². The van der Waals surface area contributed by atoms with Gasteiger partial charge in [0.2, 0.25) is 0 Å². The predicted molar refractivity (Wildman–Crippen MR) is 56.8 cm³/mol. The maximum atomic E-state index is 2.62. The van der Waals surface area contributed by atoms with Gasteiger partial charge in [0, 0.05) is 12.6 Å². The second-order valence-electron chi connectivity index (χ2n) is 5.32. The average molecular weight is 181 g/mol. The van der Waals surface area contributed by atoms with E-state index < -0.39 is 0 Å². The van der Waals surface area contributed by atoms with Crippen molar-refractivity contribution < 1.29 is 0 Å². The van der Waals surface area contributed by atoms with E-state index in [1.807, 2.05) is 0 Å². The minimum atomic E-state index is 0.926. The zero-order valence-electron chi connectivity index (χ0n) is 9.13. The van der Waals surface area contributed by atoms with E-state index in [0.717, 1.165) is 17.9 Å². The van der Waals surface area contributed by atoms with Crippen LogP contribution in [0.5, 0.6) is 0 Å². The summed E-state index contributed by atoms with van der Waals surface area (Å²) in [6.07, 6.45) is 8.85. The van der Waals surface area contributed by atoms with E-state index in [0.29, 0.717) is 0 Å². The molecule has 76 valence electrons. The molecule has 0 spiro atoms. The SMILES string of the molecule is CC1CC(N(C)CC2CCCC2)C1. The van der Waals surface area contributed by atoms with Crippen molar-refractivity contribution in [3.8, 4) is 0 Å². The molecule has 2 rings (SSSR count). The minimum absolute atomic E-state index is 0.926. The van der Waals surface area contributed by atoms with Gasteiger partial charge in [0.25, 0.3) is 0 Å². The van der Waals surface area contributed by atoms with Crippen LogP contribution in [0, 0.1) is 11.8 Å². The molecule has 2 saturated carbocycles. The molecular weight excluding hydrogens is 158 g/mol. The summed E-state index contributed by atoms with van der Waals surface area (Å²) < 4.78 is 0. The van der Waals surface area contributed by atoms with Crippen LogP contribution in [-0.4, -0.2) is 24.5 Å². The molecule has 0 saturated heterocycles. The Balaban J connectivity index is 1.68. The maximum Gasteiger partial charge on any atom is 0.00974 e. The molecule has 0 aliphatic heterocycles. The normalized spacial score (nSPS) is 35.3. The van der Waals surface area contributed by atoms with Crippen LogP contribution < -0.4 is 0 Å². The van der Waals surface area contributed by atoms with Crippen LogP contribution >= 0.6 is 0 Å². The van der Waals surface area contributed by atoms with Crippen LogP contribution in [0.15, 0.2) is 0 Å². The highest BCUT2D eigenvalue weighted by Crippen LogP contribution is 2.32. The Morgan fingerprint density at radius 2 is 1.77 bits per heavy atom. The first-order valence-electron chi connectivity index (χ1n) is 5.96. The molecule has 1 nitrogen and oxygen atoms in total. The van der Waals surface area contributed by atoms with Crippen molar-refractivity contribution in [2.24, 2.45) is 11.8 Å². The van der Waals surface area contributed by atoms with Gasteiger partial charge in [-0.05, 0) is 44.6 Å². The first kappa shape index (κ1) is 9.51. The van der Waals surface area contributed by atoms with E-state index in [-0.39, 0.29) is 0 Å². The molecule has 0 aromatic heterocycles. The van der Waals surface area contributed by atoms with E-state index in [1.165, 1.54) is 45.1 Å². The van der Waals surface area contributed by atoms with Crippen molar-refractivity contribution in [3.05, 3.63) is 0 Å². The first-order valence-corrected chi connectivity index (χ1v) is 5.96. The molecule has 2 aliphatic rings. The summed E-state index contributed by atoms with van der Waals surface area (Å²) in [6, 6.07) is 0.926.